The number of carbonyl (C=O) groups is 2. The summed E-state index contributed by atoms with van der Waals surface area (Å²) in [5.74, 6) is 1.34. The largest absolute Gasteiger partial charge is 0.376 e. The Balaban J connectivity index is 4.44. The molecular weight excluding hydrogens is 528 g/mol. The van der Waals surface area contributed by atoms with E-state index in [1.807, 2.05) is 41.5 Å². The first kappa shape index (κ1) is 40.8. The van der Waals surface area contributed by atoms with E-state index in [-0.39, 0.29) is 23.0 Å². The first-order chi connectivity index (χ1) is 19.0. The molecule has 0 radical (unpaired) electrons. The summed E-state index contributed by atoms with van der Waals surface area (Å²) in [6.45, 7) is 32.1. The fourth-order valence-corrected chi connectivity index (χ4v) is 4.25. The molecule has 0 aliphatic carbocycles. The fourth-order valence-electron chi connectivity index (χ4n) is 4.25. The Hall–Kier alpha value is -1.18. The first-order valence-electron chi connectivity index (χ1n) is 16.5. The van der Waals surface area contributed by atoms with E-state index in [1.165, 1.54) is 0 Å². The molecule has 0 aliphatic heterocycles. The quantitative estimate of drug-likeness (QED) is 0.126. The molecule has 0 rings (SSSR count). The molecular formula is C35H70N2O5. The number of nitrogens with one attached hydrogen (secondary N) is 2. The summed E-state index contributed by atoms with van der Waals surface area (Å²) in [5.41, 5.74) is -1.90. The molecule has 2 N–H and O–H groups in total. The summed E-state index contributed by atoms with van der Waals surface area (Å²) in [6, 6.07) is 0. The number of ether oxygens (including phenoxy) is 3. The van der Waals surface area contributed by atoms with Gasteiger partial charge in [-0.3, -0.25) is 9.59 Å². The van der Waals surface area contributed by atoms with Gasteiger partial charge in [0, 0.05) is 43.7 Å². The molecule has 0 aromatic carbocycles. The van der Waals surface area contributed by atoms with E-state index < -0.39 is 16.4 Å². The Labute approximate surface area is 260 Å². The standard InChI is InChI=1S/C35H70N2O5/c1-27(2)15-17-33(9,10)41-25-20-31(5,6)29(38)37-23-19-35(13,14)42-26-21-32(7,8)30(39)36-22-18-34(11,12)40-24-16-28(3)4/h27-28H,15-26H2,1-14H3,(H,36,39)(H,37,38). The third-order valence-corrected chi connectivity index (χ3v) is 8.21. The molecule has 7 nitrogen and oxygen atoms in total. The third kappa shape index (κ3) is 19.2. The van der Waals surface area contributed by atoms with Crippen molar-refractivity contribution >= 4 is 11.8 Å². The number of hydrogen-bond donors (Lipinski definition) is 2. The minimum atomic E-state index is -0.539. The maximum Gasteiger partial charge on any atom is 0.225 e. The molecule has 7 heteroatoms. The molecule has 0 bridgehead atoms. The predicted octanol–water partition coefficient (Wildman–Crippen LogP) is 7.70. The van der Waals surface area contributed by atoms with Crippen LogP contribution in [0.4, 0.5) is 0 Å². The maximum atomic E-state index is 12.9. The fraction of sp³-hybridized carbons (Fsp3) is 0.943. The number of amides is 2. The molecule has 42 heavy (non-hydrogen) atoms. The summed E-state index contributed by atoms with van der Waals surface area (Å²) in [6.07, 6.45) is 5.92. The van der Waals surface area contributed by atoms with Crippen molar-refractivity contribution in [3.63, 3.8) is 0 Å². The van der Waals surface area contributed by atoms with Crippen molar-refractivity contribution in [1.29, 1.82) is 0 Å². The molecule has 0 saturated heterocycles. The lowest BCUT2D eigenvalue weighted by molar-refractivity contribution is -0.133. The van der Waals surface area contributed by atoms with E-state index in [0.717, 1.165) is 32.3 Å². The van der Waals surface area contributed by atoms with Crippen molar-refractivity contribution in [2.75, 3.05) is 32.9 Å². The zero-order chi connectivity index (χ0) is 32.8. The predicted molar refractivity (Wildman–Crippen MR) is 176 cm³/mol. The van der Waals surface area contributed by atoms with E-state index >= 15 is 0 Å². The van der Waals surface area contributed by atoms with Gasteiger partial charge < -0.3 is 24.8 Å². The topological polar surface area (TPSA) is 85.9 Å². The lowest BCUT2D eigenvalue weighted by atomic mass is 9.88. The van der Waals surface area contributed by atoms with Crippen molar-refractivity contribution in [1.82, 2.24) is 10.6 Å². The Morgan fingerprint density at radius 2 is 0.833 bits per heavy atom. The van der Waals surface area contributed by atoms with Crippen molar-refractivity contribution in [3.05, 3.63) is 0 Å². The molecule has 0 aliphatic rings. The minimum Gasteiger partial charge on any atom is -0.376 e. The molecule has 0 atom stereocenters. The van der Waals surface area contributed by atoms with Gasteiger partial charge in [0.1, 0.15) is 0 Å². The van der Waals surface area contributed by atoms with Crippen LogP contribution in [0.3, 0.4) is 0 Å². The average molecular weight is 599 g/mol. The van der Waals surface area contributed by atoms with Crippen molar-refractivity contribution in [2.24, 2.45) is 22.7 Å². The zero-order valence-corrected chi connectivity index (χ0v) is 30.2. The second kappa shape index (κ2) is 17.9. The van der Waals surface area contributed by atoms with Crippen LogP contribution in [0.2, 0.25) is 0 Å². The highest BCUT2D eigenvalue weighted by atomic mass is 16.5. The van der Waals surface area contributed by atoms with Crippen LogP contribution < -0.4 is 10.6 Å². The van der Waals surface area contributed by atoms with Crippen molar-refractivity contribution < 1.29 is 23.8 Å². The highest BCUT2D eigenvalue weighted by molar-refractivity contribution is 5.82. The molecule has 0 saturated carbocycles. The first-order valence-corrected chi connectivity index (χ1v) is 16.5. The molecule has 0 unspecified atom stereocenters. The van der Waals surface area contributed by atoms with Crippen LogP contribution in [0.5, 0.6) is 0 Å². The Morgan fingerprint density at radius 3 is 1.19 bits per heavy atom. The highest BCUT2D eigenvalue weighted by Crippen LogP contribution is 2.26. The van der Waals surface area contributed by atoms with Gasteiger partial charge in [0.05, 0.1) is 16.8 Å². The number of carbonyl (C=O) groups excluding carboxylic acids is 2. The van der Waals surface area contributed by atoms with Gasteiger partial charge in [-0.15, -0.1) is 0 Å². The van der Waals surface area contributed by atoms with Crippen LogP contribution in [0.1, 0.15) is 142 Å². The van der Waals surface area contributed by atoms with Crippen LogP contribution in [-0.4, -0.2) is 61.5 Å². The van der Waals surface area contributed by atoms with Crippen LogP contribution in [0.25, 0.3) is 0 Å². The van der Waals surface area contributed by atoms with Crippen molar-refractivity contribution in [3.8, 4) is 0 Å². The van der Waals surface area contributed by atoms with Gasteiger partial charge in [-0.25, -0.2) is 0 Å². The second-order valence-corrected chi connectivity index (χ2v) is 16.2. The van der Waals surface area contributed by atoms with Gasteiger partial charge in [0.2, 0.25) is 11.8 Å². The van der Waals surface area contributed by atoms with Gasteiger partial charge >= 0.3 is 0 Å². The summed E-state index contributed by atoms with van der Waals surface area (Å²) in [4.78, 5) is 25.8. The lowest BCUT2D eigenvalue weighted by Gasteiger charge is -2.31. The minimum absolute atomic E-state index is 0.0312. The van der Waals surface area contributed by atoms with Crippen LogP contribution in [0, 0.1) is 22.7 Å². The number of rotatable bonds is 23. The van der Waals surface area contributed by atoms with E-state index in [1.54, 1.807) is 0 Å². The van der Waals surface area contributed by atoms with Gasteiger partial charge in [-0.05, 0) is 98.3 Å². The van der Waals surface area contributed by atoms with E-state index in [0.29, 0.717) is 57.4 Å². The second-order valence-electron chi connectivity index (χ2n) is 16.2. The molecule has 0 aromatic rings. The van der Waals surface area contributed by atoms with Gasteiger partial charge in [-0.2, -0.15) is 0 Å². The normalized spacial score (nSPS) is 13.6. The summed E-state index contributed by atoms with van der Waals surface area (Å²) >= 11 is 0. The van der Waals surface area contributed by atoms with Crippen LogP contribution in [-0.2, 0) is 23.8 Å². The molecule has 0 spiro atoms. The third-order valence-electron chi connectivity index (χ3n) is 8.21. The Bertz CT molecular complexity index is 784. The zero-order valence-electron chi connectivity index (χ0n) is 30.2. The Kier molecular flexibility index (Phi) is 17.4. The van der Waals surface area contributed by atoms with Gasteiger partial charge in [0.25, 0.3) is 0 Å². The van der Waals surface area contributed by atoms with Gasteiger partial charge in [-0.1, -0.05) is 55.4 Å². The SMILES string of the molecule is CC(C)CCOC(C)(C)CCNC(=O)C(C)(C)CCOC(C)(C)CCNC(=O)C(C)(C)CCOC(C)(C)CCC(C)C. The Morgan fingerprint density at radius 1 is 0.500 bits per heavy atom. The number of hydrogen-bond acceptors (Lipinski definition) is 5. The smallest absolute Gasteiger partial charge is 0.225 e. The lowest BCUT2D eigenvalue weighted by Crippen LogP contribution is -2.42. The molecule has 250 valence electrons. The average Bonchev–Trinajstić information content (AvgIpc) is 2.81. The molecule has 2 amide bonds. The monoisotopic (exact) mass is 599 g/mol. The molecule has 0 aromatic heterocycles. The highest BCUT2D eigenvalue weighted by Gasteiger charge is 2.31. The summed E-state index contributed by atoms with van der Waals surface area (Å²) < 4.78 is 18.3. The van der Waals surface area contributed by atoms with Gasteiger partial charge in [0.15, 0.2) is 0 Å². The summed E-state index contributed by atoms with van der Waals surface area (Å²) in [5, 5.41) is 6.19. The summed E-state index contributed by atoms with van der Waals surface area (Å²) in [7, 11) is 0. The molecule has 0 fully saturated rings. The van der Waals surface area contributed by atoms with Crippen LogP contribution in [0.15, 0.2) is 0 Å². The molecule has 0 heterocycles. The van der Waals surface area contributed by atoms with Crippen LogP contribution >= 0.6 is 0 Å². The van der Waals surface area contributed by atoms with Crippen molar-refractivity contribution in [2.45, 2.75) is 159 Å². The maximum absolute atomic E-state index is 12.9. The van der Waals surface area contributed by atoms with E-state index in [9.17, 15) is 9.59 Å². The van der Waals surface area contributed by atoms with E-state index in [4.69, 9.17) is 14.2 Å². The van der Waals surface area contributed by atoms with E-state index in [2.05, 4.69) is 66.0 Å².